The fourth-order valence-corrected chi connectivity index (χ4v) is 3.14. The predicted octanol–water partition coefficient (Wildman–Crippen LogP) is 3.46. The van der Waals surface area contributed by atoms with Crippen LogP contribution in [0.25, 0.3) is 0 Å². The molecule has 1 aliphatic rings. The molecule has 2 rings (SSSR count). The molecular weight excluding hydrogens is 274 g/mol. The van der Waals surface area contributed by atoms with Crippen LogP contribution >= 0.6 is 0 Å². The van der Waals surface area contributed by atoms with Gasteiger partial charge in [-0.15, -0.1) is 0 Å². The molecule has 0 bridgehead atoms. The Morgan fingerprint density at radius 1 is 1.41 bits per heavy atom. The summed E-state index contributed by atoms with van der Waals surface area (Å²) in [5.41, 5.74) is 2.35. The predicted molar refractivity (Wildman–Crippen MR) is 90.8 cm³/mol. The van der Waals surface area contributed by atoms with Gasteiger partial charge in [-0.1, -0.05) is 56.7 Å². The van der Waals surface area contributed by atoms with E-state index >= 15 is 0 Å². The zero-order chi connectivity index (χ0) is 15.8. The van der Waals surface area contributed by atoms with Gasteiger partial charge in [-0.05, 0) is 29.9 Å². The lowest BCUT2D eigenvalue weighted by Gasteiger charge is -2.27. The summed E-state index contributed by atoms with van der Waals surface area (Å²) in [6, 6.07) is 10.5. The number of hydrogen-bond acceptors (Lipinski definition) is 3. The van der Waals surface area contributed by atoms with Gasteiger partial charge >= 0.3 is 0 Å². The second kappa shape index (κ2) is 9.09. The highest BCUT2D eigenvalue weighted by Crippen LogP contribution is 2.34. The van der Waals surface area contributed by atoms with Gasteiger partial charge in [0, 0.05) is 19.1 Å². The third-order valence-corrected chi connectivity index (χ3v) is 4.50. The maximum atomic E-state index is 9.72. The molecule has 0 aromatic heterocycles. The molecule has 1 fully saturated rings. The Hall–Kier alpha value is -1.16. The molecule has 1 aliphatic heterocycles. The van der Waals surface area contributed by atoms with Crippen LogP contribution in [0.4, 0.5) is 0 Å². The number of ether oxygens (including phenoxy) is 1. The summed E-state index contributed by atoms with van der Waals surface area (Å²) in [5.74, 6) is 0.550. The lowest BCUT2D eigenvalue weighted by molar-refractivity contribution is 0.121. The first kappa shape index (κ1) is 17.2. The van der Waals surface area contributed by atoms with E-state index in [0.29, 0.717) is 5.92 Å². The van der Waals surface area contributed by atoms with Crippen LogP contribution in [-0.2, 0) is 4.74 Å². The Balaban J connectivity index is 2.12. The van der Waals surface area contributed by atoms with Crippen molar-refractivity contribution in [1.82, 2.24) is 5.32 Å². The molecule has 22 heavy (non-hydrogen) atoms. The maximum Gasteiger partial charge on any atom is 0.130 e. The zero-order valence-electron chi connectivity index (χ0n) is 13.6. The minimum absolute atomic E-state index is 0.0595. The lowest BCUT2D eigenvalue weighted by atomic mass is 9.82. The van der Waals surface area contributed by atoms with Crippen molar-refractivity contribution in [3.05, 3.63) is 48.0 Å². The number of benzene rings is 1. The van der Waals surface area contributed by atoms with Crippen LogP contribution in [0.2, 0.25) is 0 Å². The molecule has 3 unspecified atom stereocenters. The van der Waals surface area contributed by atoms with Gasteiger partial charge in [-0.25, -0.2) is 0 Å². The van der Waals surface area contributed by atoms with Crippen molar-refractivity contribution in [2.45, 2.75) is 44.8 Å². The van der Waals surface area contributed by atoms with E-state index in [2.05, 4.69) is 43.1 Å². The standard InChI is InChI=1S/C19H29NO2/c1-3-4-8-16(14-21)13-18(17-9-6-5-7-10-17)15(2)19-20-11-12-22-19/h5-7,9-10,16,18-21H,2-4,8,11-14H2,1H3. The van der Waals surface area contributed by atoms with Crippen molar-refractivity contribution in [2.75, 3.05) is 19.8 Å². The van der Waals surface area contributed by atoms with Crippen LogP contribution in [0, 0.1) is 5.92 Å². The number of aliphatic hydroxyl groups excluding tert-OH is 1. The van der Waals surface area contributed by atoms with Crippen molar-refractivity contribution in [2.24, 2.45) is 5.92 Å². The fourth-order valence-electron chi connectivity index (χ4n) is 3.14. The Bertz CT molecular complexity index is 440. The normalized spacial score (nSPS) is 20.7. The highest BCUT2D eigenvalue weighted by molar-refractivity contribution is 5.29. The molecule has 1 saturated heterocycles. The molecule has 1 aromatic carbocycles. The van der Waals surface area contributed by atoms with Crippen molar-refractivity contribution in [3.63, 3.8) is 0 Å². The van der Waals surface area contributed by atoms with E-state index in [4.69, 9.17) is 4.74 Å². The third kappa shape index (κ3) is 4.67. The van der Waals surface area contributed by atoms with E-state index in [0.717, 1.165) is 38.0 Å². The third-order valence-electron chi connectivity index (χ3n) is 4.50. The Labute approximate surface area is 134 Å². The summed E-state index contributed by atoms with van der Waals surface area (Å²) < 4.78 is 5.74. The summed E-state index contributed by atoms with van der Waals surface area (Å²) in [7, 11) is 0. The summed E-state index contributed by atoms with van der Waals surface area (Å²) in [5, 5.41) is 13.1. The summed E-state index contributed by atoms with van der Waals surface area (Å²) in [4.78, 5) is 0. The minimum atomic E-state index is -0.0595. The Morgan fingerprint density at radius 3 is 2.77 bits per heavy atom. The molecule has 122 valence electrons. The fraction of sp³-hybridized carbons (Fsp3) is 0.579. The molecule has 2 N–H and O–H groups in total. The van der Waals surface area contributed by atoms with E-state index in [1.54, 1.807) is 0 Å². The van der Waals surface area contributed by atoms with E-state index in [-0.39, 0.29) is 18.8 Å². The molecule has 3 heteroatoms. The lowest BCUT2D eigenvalue weighted by Crippen LogP contribution is -2.28. The molecule has 0 amide bonds. The highest BCUT2D eigenvalue weighted by Gasteiger charge is 2.27. The zero-order valence-corrected chi connectivity index (χ0v) is 13.6. The SMILES string of the molecule is C=C(C1NCCO1)C(CC(CO)CCCC)c1ccccc1. The van der Waals surface area contributed by atoms with Crippen LogP contribution in [-0.4, -0.2) is 31.1 Å². The van der Waals surface area contributed by atoms with Gasteiger partial charge in [-0.3, -0.25) is 5.32 Å². The van der Waals surface area contributed by atoms with Crippen molar-refractivity contribution >= 4 is 0 Å². The number of unbranched alkanes of at least 4 members (excludes halogenated alkanes) is 1. The average molecular weight is 303 g/mol. The van der Waals surface area contributed by atoms with Gasteiger partial charge in [0.05, 0.1) is 6.61 Å². The number of hydrogen-bond donors (Lipinski definition) is 2. The topological polar surface area (TPSA) is 41.5 Å². The van der Waals surface area contributed by atoms with Crippen molar-refractivity contribution < 1.29 is 9.84 Å². The summed E-state index contributed by atoms with van der Waals surface area (Å²) in [6.45, 7) is 8.37. The van der Waals surface area contributed by atoms with Gasteiger partial charge in [0.1, 0.15) is 6.23 Å². The van der Waals surface area contributed by atoms with Gasteiger partial charge < -0.3 is 9.84 Å². The molecular formula is C19H29NO2. The van der Waals surface area contributed by atoms with E-state index in [1.807, 2.05) is 6.07 Å². The summed E-state index contributed by atoms with van der Waals surface area (Å²) in [6.07, 6.45) is 4.28. The molecule has 1 aromatic rings. The van der Waals surface area contributed by atoms with E-state index in [9.17, 15) is 5.11 Å². The Morgan fingerprint density at radius 2 is 2.18 bits per heavy atom. The molecule has 0 radical (unpaired) electrons. The second-order valence-corrected chi connectivity index (χ2v) is 6.17. The van der Waals surface area contributed by atoms with E-state index < -0.39 is 0 Å². The van der Waals surface area contributed by atoms with Gasteiger partial charge in [0.15, 0.2) is 0 Å². The quantitative estimate of drug-likeness (QED) is 0.686. The first-order valence-corrected chi connectivity index (χ1v) is 8.45. The van der Waals surface area contributed by atoms with Crippen molar-refractivity contribution in [3.8, 4) is 0 Å². The number of aliphatic hydroxyl groups is 1. The highest BCUT2D eigenvalue weighted by atomic mass is 16.5. The first-order valence-electron chi connectivity index (χ1n) is 8.45. The minimum Gasteiger partial charge on any atom is -0.396 e. The second-order valence-electron chi connectivity index (χ2n) is 6.17. The van der Waals surface area contributed by atoms with Crippen LogP contribution in [0.3, 0.4) is 0 Å². The average Bonchev–Trinajstić information content (AvgIpc) is 3.10. The van der Waals surface area contributed by atoms with Gasteiger partial charge in [0.2, 0.25) is 0 Å². The molecule has 0 saturated carbocycles. The van der Waals surface area contributed by atoms with Crippen LogP contribution in [0.15, 0.2) is 42.5 Å². The molecule has 0 spiro atoms. The van der Waals surface area contributed by atoms with Crippen LogP contribution in [0.1, 0.15) is 44.1 Å². The van der Waals surface area contributed by atoms with Crippen LogP contribution < -0.4 is 5.32 Å². The summed E-state index contributed by atoms with van der Waals surface area (Å²) >= 11 is 0. The molecule has 1 heterocycles. The first-order chi connectivity index (χ1) is 10.8. The van der Waals surface area contributed by atoms with Gasteiger partial charge in [0.25, 0.3) is 0 Å². The van der Waals surface area contributed by atoms with Crippen molar-refractivity contribution in [1.29, 1.82) is 0 Å². The maximum absolute atomic E-state index is 9.72. The number of nitrogens with one attached hydrogen (secondary N) is 1. The smallest absolute Gasteiger partial charge is 0.130 e. The molecule has 3 nitrogen and oxygen atoms in total. The molecule has 0 aliphatic carbocycles. The van der Waals surface area contributed by atoms with E-state index in [1.165, 1.54) is 12.0 Å². The van der Waals surface area contributed by atoms with Gasteiger partial charge in [-0.2, -0.15) is 0 Å². The van der Waals surface area contributed by atoms with Crippen LogP contribution in [0.5, 0.6) is 0 Å². The number of rotatable bonds is 9. The monoisotopic (exact) mass is 303 g/mol. The largest absolute Gasteiger partial charge is 0.396 e. The Kier molecular flexibility index (Phi) is 7.10. The molecule has 3 atom stereocenters.